The van der Waals surface area contributed by atoms with Crippen molar-refractivity contribution in [2.24, 2.45) is 0 Å². The van der Waals surface area contributed by atoms with Gasteiger partial charge in [-0.1, -0.05) is 53.2 Å². The van der Waals surface area contributed by atoms with Gasteiger partial charge >= 0.3 is 0 Å². The van der Waals surface area contributed by atoms with Crippen LogP contribution in [0, 0.1) is 20.8 Å². The van der Waals surface area contributed by atoms with Crippen LogP contribution >= 0.6 is 23.4 Å². The summed E-state index contributed by atoms with van der Waals surface area (Å²) in [6, 6.07) is 11.8. The summed E-state index contributed by atoms with van der Waals surface area (Å²) in [4.78, 5) is 16.9. The van der Waals surface area contributed by atoms with Crippen LogP contribution in [0.5, 0.6) is 0 Å². The van der Waals surface area contributed by atoms with Crippen molar-refractivity contribution < 1.29 is 4.79 Å². The number of aromatic nitrogens is 2. The molecule has 3 nitrogen and oxygen atoms in total. The third kappa shape index (κ3) is 5.24. The number of carbonyl (C=O) groups is 1. The molecule has 27 heavy (non-hydrogen) atoms. The average Bonchev–Trinajstić information content (AvgIpc) is 3.09. The monoisotopic (exact) mass is 398 g/mol. The van der Waals surface area contributed by atoms with Gasteiger partial charge in [0.2, 0.25) is 0 Å². The van der Waals surface area contributed by atoms with Gasteiger partial charge in [-0.15, -0.1) is 0 Å². The van der Waals surface area contributed by atoms with Gasteiger partial charge in [0.1, 0.15) is 0 Å². The van der Waals surface area contributed by atoms with Gasteiger partial charge in [0.25, 0.3) is 0 Å². The molecular formula is C22H23ClN2OS. The molecule has 0 saturated heterocycles. The van der Waals surface area contributed by atoms with Crippen LogP contribution in [0.25, 0.3) is 0 Å². The molecule has 1 atom stereocenters. The van der Waals surface area contributed by atoms with Gasteiger partial charge in [-0.05, 0) is 55.2 Å². The maximum Gasteiger partial charge on any atom is 0.193 e. The van der Waals surface area contributed by atoms with Crippen LogP contribution < -0.4 is 0 Å². The summed E-state index contributed by atoms with van der Waals surface area (Å²) >= 11 is 7.35. The Morgan fingerprint density at radius 1 is 1.15 bits per heavy atom. The van der Waals surface area contributed by atoms with Crippen molar-refractivity contribution in [2.45, 2.75) is 39.0 Å². The first-order valence-electron chi connectivity index (χ1n) is 8.90. The van der Waals surface area contributed by atoms with E-state index in [4.69, 9.17) is 11.6 Å². The Bertz CT molecular complexity index is 897. The standard InChI is InChI=1S/C22H23ClN2OS/c1-15-10-16(2)22(17(3)11-15)20(13-25-9-8-24-14-25)27-21(26)12-18-4-6-19(23)7-5-18/h4-11,14,20H,12-13H2,1-3H3. The minimum Gasteiger partial charge on any atom is -0.336 e. The van der Waals surface area contributed by atoms with Gasteiger partial charge in [-0.2, -0.15) is 0 Å². The molecule has 0 spiro atoms. The van der Waals surface area contributed by atoms with E-state index in [-0.39, 0.29) is 10.4 Å². The van der Waals surface area contributed by atoms with E-state index in [9.17, 15) is 4.79 Å². The number of rotatable bonds is 6. The summed E-state index contributed by atoms with van der Waals surface area (Å²) < 4.78 is 2.03. The van der Waals surface area contributed by atoms with E-state index < -0.39 is 0 Å². The summed E-state index contributed by atoms with van der Waals surface area (Å²) in [5.74, 6) is 0. The molecule has 1 aromatic heterocycles. The van der Waals surface area contributed by atoms with E-state index in [1.54, 1.807) is 12.5 Å². The highest BCUT2D eigenvalue weighted by atomic mass is 35.5. The van der Waals surface area contributed by atoms with E-state index in [1.807, 2.05) is 35.0 Å². The first-order valence-corrected chi connectivity index (χ1v) is 10.2. The molecule has 1 heterocycles. The Hall–Kier alpha value is -2.04. The lowest BCUT2D eigenvalue weighted by atomic mass is 9.97. The Balaban J connectivity index is 1.84. The van der Waals surface area contributed by atoms with Crippen molar-refractivity contribution in [3.05, 3.63) is 88.0 Å². The van der Waals surface area contributed by atoms with Crippen molar-refractivity contribution >= 4 is 28.5 Å². The first-order chi connectivity index (χ1) is 12.9. The highest BCUT2D eigenvalue weighted by Gasteiger charge is 2.21. The van der Waals surface area contributed by atoms with Crippen LogP contribution in [-0.2, 0) is 17.8 Å². The molecule has 1 unspecified atom stereocenters. The van der Waals surface area contributed by atoms with Crippen LogP contribution in [0.3, 0.4) is 0 Å². The smallest absolute Gasteiger partial charge is 0.193 e. The van der Waals surface area contributed by atoms with Crippen molar-refractivity contribution in [3.63, 3.8) is 0 Å². The summed E-state index contributed by atoms with van der Waals surface area (Å²) in [5, 5.41) is 0.879. The molecular weight excluding hydrogens is 376 g/mol. The topological polar surface area (TPSA) is 34.9 Å². The number of aryl methyl sites for hydroxylation is 3. The number of benzene rings is 2. The molecule has 0 aliphatic heterocycles. The summed E-state index contributed by atoms with van der Waals surface area (Å²) in [6.45, 7) is 7.07. The third-order valence-corrected chi connectivity index (χ3v) is 5.86. The average molecular weight is 399 g/mol. The molecule has 0 radical (unpaired) electrons. The van der Waals surface area contributed by atoms with E-state index in [0.717, 1.165) is 5.56 Å². The summed E-state index contributed by atoms with van der Waals surface area (Å²) in [6.07, 6.45) is 5.91. The molecule has 3 rings (SSSR count). The van der Waals surface area contributed by atoms with Gasteiger partial charge in [0, 0.05) is 30.4 Å². The summed E-state index contributed by atoms with van der Waals surface area (Å²) in [5.41, 5.74) is 5.92. The van der Waals surface area contributed by atoms with Crippen molar-refractivity contribution in [3.8, 4) is 0 Å². The van der Waals surface area contributed by atoms with Crippen LogP contribution in [0.4, 0.5) is 0 Å². The van der Waals surface area contributed by atoms with Gasteiger partial charge < -0.3 is 4.57 Å². The number of carbonyl (C=O) groups excluding carboxylic acids is 1. The van der Waals surface area contributed by atoms with Crippen molar-refractivity contribution in [1.29, 1.82) is 0 Å². The number of thioether (sulfide) groups is 1. The minimum absolute atomic E-state index is 0.0413. The maximum absolute atomic E-state index is 12.8. The SMILES string of the molecule is Cc1cc(C)c(C(Cn2ccnc2)SC(=O)Cc2ccc(Cl)cc2)c(C)c1. The van der Waals surface area contributed by atoms with E-state index in [2.05, 4.69) is 37.9 Å². The molecule has 2 aromatic carbocycles. The van der Waals surface area contributed by atoms with Gasteiger partial charge in [-0.25, -0.2) is 4.98 Å². The van der Waals surface area contributed by atoms with Crippen LogP contribution in [0.2, 0.25) is 5.02 Å². The number of hydrogen-bond acceptors (Lipinski definition) is 3. The van der Waals surface area contributed by atoms with Gasteiger partial charge in [-0.3, -0.25) is 4.79 Å². The second-order valence-corrected chi connectivity index (χ2v) is 8.55. The number of imidazole rings is 1. The molecule has 140 valence electrons. The van der Waals surface area contributed by atoms with Crippen LogP contribution in [-0.4, -0.2) is 14.7 Å². The quantitative estimate of drug-likeness (QED) is 0.533. The molecule has 0 amide bonds. The predicted molar refractivity (Wildman–Crippen MR) is 113 cm³/mol. The molecule has 5 heteroatoms. The number of hydrogen-bond donors (Lipinski definition) is 0. The van der Waals surface area contributed by atoms with E-state index in [0.29, 0.717) is 18.0 Å². The lowest BCUT2D eigenvalue weighted by Crippen LogP contribution is -2.12. The Morgan fingerprint density at radius 3 is 2.41 bits per heavy atom. The predicted octanol–water partition coefficient (Wildman–Crippen LogP) is 5.71. The number of halogens is 1. The normalized spacial score (nSPS) is 12.1. The Kier molecular flexibility index (Phi) is 6.40. The lowest BCUT2D eigenvalue weighted by molar-refractivity contribution is -0.110. The number of nitrogens with zero attached hydrogens (tertiary/aromatic N) is 2. The Morgan fingerprint density at radius 2 is 1.81 bits per heavy atom. The van der Waals surface area contributed by atoms with Crippen LogP contribution in [0.1, 0.15) is 33.1 Å². The molecule has 0 bridgehead atoms. The van der Waals surface area contributed by atoms with Crippen molar-refractivity contribution in [2.75, 3.05) is 0 Å². The fraction of sp³-hybridized carbons (Fsp3) is 0.273. The van der Waals surface area contributed by atoms with E-state index >= 15 is 0 Å². The first kappa shape index (κ1) is 19.7. The maximum atomic E-state index is 12.8. The summed E-state index contributed by atoms with van der Waals surface area (Å²) in [7, 11) is 0. The van der Waals surface area contributed by atoms with Crippen LogP contribution in [0.15, 0.2) is 55.1 Å². The second-order valence-electron chi connectivity index (χ2n) is 6.85. The molecule has 0 saturated carbocycles. The third-order valence-electron chi connectivity index (χ3n) is 4.53. The van der Waals surface area contributed by atoms with Crippen molar-refractivity contribution in [1.82, 2.24) is 9.55 Å². The minimum atomic E-state index is 0.0413. The molecule has 0 aliphatic rings. The highest BCUT2D eigenvalue weighted by molar-refractivity contribution is 8.13. The highest BCUT2D eigenvalue weighted by Crippen LogP contribution is 2.36. The van der Waals surface area contributed by atoms with Gasteiger partial charge in [0.05, 0.1) is 11.6 Å². The Labute approximate surface area is 169 Å². The fourth-order valence-electron chi connectivity index (χ4n) is 3.44. The van der Waals surface area contributed by atoms with E-state index in [1.165, 1.54) is 34.0 Å². The largest absolute Gasteiger partial charge is 0.336 e. The lowest BCUT2D eigenvalue weighted by Gasteiger charge is -2.22. The molecule has 3 aromatic rings. The second kappa shape index (κ2) is 8.77. The zero-order valence-corrected chi connectivity index (χ0v) is 17.3. The molecule has 0 aliphatic carbocycles. The zero-order chi connectivity index (χ0) is 19.4. The molecule has 0 fully saturated rings. The van der Waals surface area contributed by atoms with Gasteiger partial charge in [0.15, 0.2) is 5.12 Å². The fourth-order valence-corrected chi connectivity index (χ4v) is 4.87. The molecule has 0 N–H and O–H groups in total. The zero-order valence-electron chi connectivity index (χ0n) is 15.8.